The average molecular weight is 435 g/mol. The van der Waals surface area contributed by atoms with Gasteiger partial charge in [0.05, 0.1) is 21.1 Å². The number of imide groups is 1. The van der Waals surface area contributed by atoms with Crippen LogP contribution in [0.5, 0.6) is 0 Å². The Morgan fingerprint density at radius 3 is 2.32 bits per heavy atom. The first-order valence-electron chi connectivity index (χ1n) is 7.94. The van der Waals surface area contributed by atoms with Crippen LogP contribution in [0.4, 0.5) is 10.5 Å². The van der Waals surface area contributed by atoms with Gasteiger partial charge in [-0.25, -0.2) is 8.42 Å². The first-order valence-corrected chi connectivity index (χ1v) is 10.6. The van der Waals surface area contributed by atoms with Crippen LogP contribution in [-0.2, 0) is 19.6 Å². The van der Waals surface area contributed by atoms with E-state index in [1.807, 2.05) is 6.92 Å². The molecule has 2 aromatic carbocycles. The van der Waals surface area contributed by atoms with Crippen molar-refractivity contribution >= 4 is 61.7 Å². The van der Waals surface area contributed by atoms with E-state index in [0.29, 0.717) is 16.1 Å². The third-order valence-electron chi connectivity index (χ3n) is 4.25. The quantitative estimate of drug-likeness (QED) is 0.729. The molecule has 7 nitrogen and oxygen atoms in total. The lowest BCUT2D eigenvalue weighted by atomic mass is 10.1. The summed E-state index contributed by atoms with van der Waals surface area (Å²) in [5.74, 6) is -1.66. The largest absolute Gasteiger partial charge is 0.290 e. The third kappa shape index (κ3) is 2.83. The number of hydrogen-bond acceptors (Lipinski definition) is 6. The maximum atomic E-state index is 13.2. The second-order valence-corrected chi connectivity index (χ2v) is 9.30. The van der Waals surface area contributed by atoms with Crippen LogP contribution in [0.25, 0.3) is 5.57 Å². The van der Waals surface area contributed by atoms with Crippen LogP contribution in [0, 0.1) is 6.92 Å². The monoisotopic (exact) mass is 434 g/mol. The molecule has 28 heavy (non-hydrogen) atoms. The van der Waals surface area contributed by atoms with Crippen molar-refractivity contribution in [3.63, 3.8) is 0 Å². The number of rotatable bonds is 2. The van der Waals surface area contributed by atoms with Gasteiger partial charge in [0.25, 0.3) is 27.1 Å². The Morgan fingerprint density at radius 2 is 1.71 bits per heavy atom. The summed E-state index contributed by atoms with van der Waals surface area (Å²) >= 11 is 6.58. The summed E-state index contributed by atoms with van der Waals surface area (Å²) in [4.78, 5) is 36.6. The first kappa shape index (κ1) is 18.7. The van der Waals surface area contributed by atoms with Crippen LogP contribution in [0.1, 0.15) is 11.1 Å². The van der Waals surface area contributed by atoms with Crippen molar-refractivity contribution in [3.05, 3.63) is 63.5 Å². The Balaban J connectivity index is 1.95. The smallest absolute Gasteiger partial charge is 0.282 e. The number of benzene rings is 2. The fourth-order valence-corrected chi connectivity index (χ4v) is 5.33. The predicted molar refractivity (Wildman–Crippen MR) is 105 cm³/mol. The van der Waals surface area contributed by atoms with Crippen LogP contribution in [0.15, 0.2) is 52.3 Å². The highest BCUT2D eigenvalue weighted by atomic mass is 35.5. The molecular weight excluding hydrogens is 424 g/mol. The first-order chi connectivity index (χ1) is 13.2. The van der Waals surface area contributed by atoms with Gasteiger partial charge in [0.15, 0.2) is 0 Å². The van der Waals surface area contributed by atoms with E-state index in [1.165, 1.54) is 30.3 Å². The van der Waals surface area contributed by atoms with Gasteiger partial charge in [-0.3, -0.25) is 19.7 Å². The summed E-state index contributed by atoms with van der Waals surface area (Å²) in [6.07, 6.45) is 0. The number of halogens is 1. The Labute approximate surface area is 169 Å². The van der Waals surface area contributed by atoms with Crippen LogP contribution in [-0.4, -0.2) is 25.5 Å². The molecule has 2 aromatic rings. The minimum Gasteiger partial charge on any atom is -0.282 e. The zero-order valence-electron chi connectivity index (χ0n) is 14.2. The van der Waals surface area contributed by atoms with E-state index in [4.69, 9.17) is 11.6 Å². The Morgan fingerprint density at radius 1 is 1.04 bits per heavy atom. The number of anilines is 1. The normalized spacial score (nSPS) is 19.2. The van der Waals surface area contributed by atoms with Crippen LogP contribution >= 0.6 is 23.4 Å². The van der Waals surface area contributed by atoms with Gasteiger partial charge in [-0.1, -0.05) is 29.3 Å². The Hall–Kier alpha value is -2.62. The van der Waals surface area contributed by atoms with E-state index in [2.05, 4.69) is 5.32 Å². The molecule has 2 aliphatic heterocycles. The Bertz CT molecular complexity index is 1200. The van der Waals surface area contributed by atoms with E-state index >= 15 is 0 Å². The summed E-state index contributed by atoms with van der Waals surface area (Å²) in [5.41, 5.74) is 0.950. The number of nitrogens with one attached hydrogen (secondary N) is 1. The zero-order chi connectivity index (χ0) is 20.2. The second-order valence-electron chi connectivity index (χ2n) is 6.10. The molecule has 0 radical (unpaired) electrons. The predicted octanol–water partition coefficient (Wildman–Crippen LogP) is 3.08. The van der Waals surface area contributed by atoms with Gasteiger partial charge in [-0.2, -0.15) is 4.31 Å². The highest BCUT2D eigenvalue weighted by Crippen LogP contribution is 2.45. The third-order valence-corrected chi connectivity index (χ3v) is 7.08. The van der Waals surface area contributed by atoms with Crippen molar-refractivity contribution in [1.82, 2.24) is 5.32 Å². The fraction of sp³-hybridized carbons (Fsp3) is 0.0556. The average Bonchev–Trinajstić information content (AvgIpc) is 3.10. The van der Waals surface area contributed by atoms with Crippen molar-refractivity contribution in [3.8, 4) is 0 Å². The fourth-order valence-electron chi connectivity index (χ4n) is 2.96. The minimum absolute atomic E-state index is 0.0711. The van der Waals surface area contributed by atoms with Gasteiger partial charge < -0.3 is 0 Å². The van der Waals surface area contributed by atoms with Gasteiger partial charge in [-0.15, -0.1) is 0 Å². The lowest BCUT2D eigenvalue weighted by Crippen LogP contribution is -2.34. The molecule has 0 atom stereocenters. The molecular formula is C18H11ClN2O5S2. The summed E-state index contributed by atoms with van der Waals surface area (Å²) in [7, 11) is -4.24. The van der Waals surface area contributed by atoms with Gasteiger partial charge >= 0.3 is 0 Å². The molecule has 142 valence electrons. The van der Waals surface area contributed by atoms with Gasteiger partial charge in [-0.05, 0) is 49.0 Å². The van der Waals surface area contributed by atoms with Crippen molar-refractivity contribution in [2.24, 2.45) is 0 Å². The van der Waals surface area contributed by atoms with Gasteiger partial charge in [0.1, 0.15) is 0 Å². The molecule has 0 aromatic heterocycles. The molecule has 0 aliphatic carbocycles. The highest BCUT2D eigenvalue weighted by Gasteiger charge is 2.45. The summed E-state index contributed by atoms with van der Waals surface area (Å²) in [6.45, 7) is 1.81. The molecule has 4 rings (SSSR count). The number of amides is 3. The van der Waals surface area contributed by atoms with Gasteiger partial charge in [0, 0.05) is 10.6 Å². The summed E-state index contributed by atoms with van der Waals surface area (Å²) < 4.78 is 27.0. The summed E-state index contributed by atoms with van der Waals surface area (Å²) in [5, 5.41) is 1.70. The van der Waals surface area contributed by atoms with Crippen molar-refractivity contribution in [1.29, 1.82) is 0 Å². The molecule has 1 fully saturated rings. The number of sulfonamides is 1. The topological polar surface area (TPSA) is 101 Å². The van der Waals surface area contributed by atoms with Crippen LogP contribution in [0.2, 0.25) is 5.02 Å². The number of carbonyl (C=O) groups excluding carboxylic acids is 3. The Kier molecular flexibility index (Phi) is 4.33. The molecule has 0 saturated carbocycles. The number of thioether (sulfide) groups is 1. The number of aryl methyl sites for hydroxylation is 1. The summed E-state index contributed by atoms with van der Waals surface area (Å²) in [6, 6.07) is 10.3. The van der Waals surface area contributed by atoms with E-state index in [1.54, 1.807) is 12.1 Å². The lowest BCUT2D eigenvalue weighted by molar-refractivity contribution is -0.116. The van der Waals surface area contributed by atoms with Crippen molar-refractivity contribution in [2.75, 3.05) is 4.31 Å². The van der Waals surface area contributed by atoms with Crippen LogP contribution < -0.4 is 9.62 Å². The van der Waals surface area contributed by atoms with E-state index in [9.17, 15) is 22.8 Å². The maximum Gasteiger partial charge on any atom is 0.290 e. The maximum absolute atomic E-state index is 13.2. The molecule has 3 amide bonds. The minimum atomic E-state index is -4.24. The molecule has 0 bridgehead atoms. The van der Waals surface area contributed by atoms with Crippen LogP contribution in [0.3, 0.4) is 0 Å². The standard InChI is InChI=1S/C18H11ClN2O5S2/c1-9-2-5-11(6-3-9)28(25,26)21-13-7-4-10(19)8-12(13)14(17(21)23)15-16(22)20-18(24)27-15/h2-8H,1H3,(H,20,22,24). The zero-order valence-corrected chi connectivity index (χ0v) is 16.6. The SMILES string of the molecule is Cc1ccc(S(=O)(=O)N2C(=O)C(=C3SC(=O)NC3=O)c3cc(Cl)ccc32)cc1. The lowest BCUT2D eigenvalue weighted by Gasteiger charge is -2.17. The number of hydrogen-bond donors (Lipinski definition) is 1. The van der Waals surface area contributed by atoms with E-state index < -0.39 is 27.1 Å². The number of fused-ring (bicyclic) bond motifs is 1. The molecule has 1 saturated heterocycles. The molecule has 0 spiro atoms. The number of carbonyl (C=O) groups is 3. The molecule has 10 heteroatoms. The van der Waals surface area contributed by atoms with E-state index in [0.717, 1.165) is 5.56 Å². The van der Waals surface area contributed by atoms with E-state index in [-0.39, 0.29) is 31.6 Å². The molecule has 2 heterocycles. The molecule has 2 aliphatic rings. The van der Waals surface area contributed by atoms with Crippen molar-refractivity contribution < 1.29 is 22.8 Å². The number of nitrogens with zero attached hydrogens (tertiary/aromatic N) is 1. The highest BCUT2D eigenvalue weighted by molar-refractivity contribution is 8.18. The van der Waals surface area contributed by atoms with Gasteiger partial charge in [0.2, 0.25) is 0 Å². The second kappa shape index (κ2) is 6.47. The van der Waals surface area contributed by atoms with Crippen molar-refractivity contribution in [2.45, 2.75) is 11.8 Å². The molecule has 1 N–H and O–H groups in total. The molecule has 0 unspecified atom stereocenters.